The SMILES string of the molecule is BrCc1ccc(CBr)cc1.BrCc1ccc(C[n+]2ccc(-c3nc(-c4cc[n+](Cc5ccc(CBr)cc5)cc4)nc(-c4cc[n+](Cc5ccc(CBr)cc5)cc4)n3)cc2)cc1.[3H]P[3H].c1cc(-c2nc(-c3ccncc3)nc(-c3ccncc3)n2)ccn1. The number of hydrogen-bond donors (Lipinski definition) is 0. The Labute approximate surface area is 549 Å². The monoisotopic (exact) mass is 1470 g/mol. The molecule has 0 aliphatic rings. The lowest BCUT2D eigenvalue weighted by Crippen LogP contribution is -2.33. The third-order valence-corrected chi connectivity index (χ3v) is 16.7. The maximum atomic E-state index is 5.90. The van der Waals surface area contributed by atoms with Gasteiger partial charge >= 0.3 is 0 Å². The Morgan fingerprint density at radius 1 is 0.256 bits per heavy atom. The number of aromatic nitrogens is 12. The molecule has 0 radical (unpaired) electrons. The number of rotatable bonds is 17. The van der Waals surface area contributed by atoms with Gasteiger partial charge in [0, 0.05) is 150 Å². The van der Waals surface area contributed by atoms with Crippen molar-refractivity contribution in [3.8, 4) is 68.3 Å². The molecule has 0 aliphatic heterocycles. The van der Waals surface area contributed by atoms with Gasteiger partial charge in [0.05, 0.1) is 2.56 Å². The first-order valence-electron chi connectivity index (χ1n) is 28.1. The van der Waals surface area contributed by atoms with Crippen LogP contribution in [-0.4, -0.2) is 47.4 Å². The van der Waals surface area contributed by atoms with E-state index < -0.39 is 9.79 Å². The Hall–Kier alpha value is -7.37. The van der Waals surface area contributed by atoms with E-state index >= 15 is 0 Å². The third-order valence-electron chi connectivity index (χ3n) is 13.5. The molecule has 0 atom stereocenters. The van der Waals surface area contributed by atoms with Gasteiger partial charge in [-0.15, -0.1) is 0 Å². The molecule has 0 saturated carbocycles. The minimum atomic E-state index is -0.417. The molecule has 0 fully saturated rings. The van der Waals surface area contributed by atoms with Gasteiger partial charge in [-0.1, -0.05) is 177 Å². The van der Waals surface area contributed by atoms with E-state index in [1.54, 1.807) is 37.2 Å². The van der Waals surface area contributed by atoms with Gasteiger partial charge < -0.3 is 0 Å². The summed E-state index contributed by atoms with van der Waals surface area (Å²) in [5.41, 5.74) is 15.6. The first kappa shape index (κ1) is 60.3. The van der Waals surface area contributed by atoms with Crippen molar-refractivity contribution in [3.05, 3.63) is 289 Å². The van der Waals surface area contributed by atoms with Crippen molar-refractivity contribution in [1.29, 1.82) is 2.56 Å². The molecule has 0 N–H and O–H groups in total. The van der Waals surface area contributed by atoms with Crippen LogP contribution in [0.4, 0.5) is 0 Å². The lowest BCUT2D eigenvalue weighted by Gasteiger charge is -2.08. The van der Waals surface area contributed by atoms with Crippen molar-refractivity contribution in [2.24, 2.45) is 0 Å². The fourth-order valence-corrected chi connectivity index (χ4v) is 10.6. The largest absolute Gasteiger partial charge is 0.265 e. The Bertz CT molecular complexity index is 3620. The Kier molecular flexibility index (Phi) is 22.7. The summed E-state index contributed by atoms with van der Waals surface area (Å²) in [6.07, 6.45) is 22.8. The lowest BCUT2D eigenvalue weighted by molar-refractivity contribution is -0.688. The van der Waals surface area contributed by atoms with Crippen molar-refractivity contribution in [2.45, 2.75) is 46.3 Å². The van der Waals surface area contributed by atoms with Crippen molar-refractivity contribution < 1.29 is 13.7 Å². The van der Waals surface area contributed by atoms with Crippen molar-refractivity contribution in [2.75, 3.05) is 0 Å². The third kappa shape index (κ3) is 17.9. The van der Waals surface area contributed by atoms with Crippen molar-refractivity contribution >= 4 is 89.4 Å². The van der Waals surface area contributed by atoms with E-state index in [0.717, 1.165) is 79.7 Å². The van der Waals surface area contributed by atoms with Crippen molar-refractivity contribution in [1.82, 2.24) is 44.9 Å². The zero-order valence-electron chi connectivity index (χ0n) is 48.5. The maximum Gasteiger partial charge on any atom is 0.173 e. The highest BCUT2D eigenvalue weighted by molar-refractivity contribution is 9.09. The first-order valence-corrected chi connectivity index (χ1v) is 32.8. The van der Waals surface area contributed by atoms with Gasteiger partial charge in [0.2, 0.25) is 0 Å². The summed E-state index contributed by atoms with van der Waals surface area (Å²) in [6.45, 7) is 2.35. The van der Waals surface area contributed by atoms with E-state index in [1.165, 1.54) is 44.5 Å². The standard InChI is InChI=1S/C42H36Br3N6.C18H12N6.C8H8Br2.H3P/c43-25-31-1-7-34(8-2-31)28-49-19-13-37(14-20-49)40-46-41(38-15-21-50(22-16-38)29-35-9-3-32(26-44)4-10-35)48-42(47-40)39-17-23-51(24-18-39)30-36-11-5-33(27-45)6-12-36;1-7-19-8-2-13(1)16-22-17(14-3-9-20-10-4-14)24-18(23-16)15-5-11-21-12-6-15;9-5-7-1-2-8(6-10)4-3-7;/h1-24H,25-30H2;1-12H;1-4H,5-6H2;1H3/q+3;;;/i;;;1T2. The summed E-state index contributed by atoms with van der Waals surface area (Å²) < 4.78 is 18.3. The minimum absolute atomic E-state index is 0.417. The fraction of sp³-hybridized carbons (Fsp3) is 0.118. The minimum Gasteiger partial charge on any atom is -0.265 e. The molecule has 86 heavy (non-hydrogen) atoms. The van der Waals surface area contributed by atoms with Crippen molar-refractivity contribution in [3.63, 3.8) is 0 Å². The summed E-state index contributed by atoms with van der Waals surface area (Å²) >= 11 is 17.4. The molecule has 0 aliphatic carbocycles. The van der Waals surface area contributed by atoms with Crippen LogP contribution in [0.2, 0.25) is 0 Å². The Balaban J connectivity index is 0.000000203. The van der Waals surface area contributed by atoms with E-state index in [0.29, 0.717) is 34.9 Å². The number of nitrogens with zero attached hydrogens (tertiary/aromatic N) is 12. The summed E-state index contributed by atoms with van der Waals surface area (Å²) in [4.78, 5) is 40.9. The van der Waals surface area contributed by atoms with E-state index in [-0.39, 0.29) is 0 Å². The van der Waals surface area contributed by atoms with Crippen LogP contribution >= 0.6 is 89.4 Å². The van der Waals surface area contributed by atoms with Gasteiger partial charge in [-0.05, 0) is 64.2 Å². The van der Waals surface area contributed by atoms with Gasteiger partial charge in [0.15, 0.2) is 91.8 Å². The summed E-state index contributed by atoms with van der Waals surface area (Å²) in [6, 6.07) is 58.3. The maximum absolute atomic E-state index is 5.90. The number of hydrogen-bond acceptors (Lipinski definition) is 9. The number of alkyl halides is 5. The highest BCUT2D eigenvalue weighted by Gasteiger charge is 2.17. The number of halogens is 5. The molecular weight excluding hydrogens is 1420 g/mol. The first-order chi connectivity index (χ1) is 43.2. The number of pyridine rings is 6. The van der Waals surface area contributed by atoms with Crippen LogP contribution < -0.4 is 13.7 Å². The van der Waals surface area contributed by atoms with Crippen LogP contribution in [0, 0.1) is 0 Å². The molecule has 428 valence electrons. The smallest absolute Gasteiger partial charge is 0.173 e. The van der Waals surface area contributed by atoms with Crippen LogP contribution in [-0.2, 0) is 46.3 Å². The molecule has 8 aromatic heterocycles. The quantitative estimate of drug-likeness (QED) is 0.0497. The predicted molar refractivity (Wildman–Crippen MR) is 364 cm³/mol. The van der Waals surface area contributed by atoms with Gasteiger partial charge in [-0.2, -0.15) is 9.79 Å². The molecule has 4 aromatic carbocycles. The molecule has 12 aromatic rings. The Morgan fingerprint density at radius 2 is 0.419 bits per heavy atom. The van der Waals surface area contributed by atoms with E-state index in [1.807, 2.05) is 36.4 Å². The van der Waals surface area contributed by atoms with Gasteiger partial charge in [0.1, 0.15) is 0 Å². The molecule has 0 bridgehead atoms. The van der Waals surface area contributed by atoms with Crippen LogP contribution in [0.25, 0.3) is 68.3 Å². The van der Waals surface area contributed by atoms with Gasteiger partial charge in [-0.3, -0.25) is 15.0 Å². The predicted octanol–water partition coefficient (Wildman–Crippen LogP) is 15.2. The normalized spacial score (nSPS) is 10.9. The van der Waals surface area contributed by atoms with Gasteiger partial charge in [0.25, 0.3) is 0 Å². The van der Waals surface area contributed by atoms with E-state index in [4.69, 9.17) is 17.5 Å². The highest BCUT2D eigenvalue weighted by Crippen LogP contribution is 2.26. The van der Waals surface area contributed by atoms with Crippen LogP contribution in [0.3, 0.4) is 0 Å². The van der Waals surface area contributed by atoms with Crippen LogP contribution in [0.1, 0.15) is 44.5 Å². The molecule has 0 spiro atoms. The molecule has 18 heteroatoms. The molecule has 0 amide bonds. The average molecular weight is 1480 g/mol. The van der Waals surface area contributed by atoms with Gasteiger partial charge in [-0.25, -0.2) is 43.6 Å². The second-order valence-electron chi connectivity index (χ2n) is 19.5. The summed E-state index contributed by atoms with van der Waals surface area (Å²) in [7, 11) is -0.417. The second-order valence-corrected chi connectivity index (χ2v) is 22.3. The lowest BCUT2D eigenvalue weighted by atomic mass is 10.1. The molecular formula is C68H59Br5N12P+3. The molecule has 8 heterocycles. The second kappa shape index (κ2) is 32.4. The summed E-state index contributed by atoms with van der Waals surface area (Å²) in [5, 5.41) is 4.45. The van der Waals surface area contributed by atoms with E-state index in [9.17, 15) is 0 Å². The number of benzene rings is 4. The zero-order chi connectivity index (χ0) is 61.3. The van der Waals surface area contributed by atoms with Crippen LogP contribution in [0.15, 0.2) is 244 Å². The molecule has 0 unspecified atom stereocenters. The Morgan fingerprint density at radius 3 is 0.593 bits per heavy atom. The van der Waals surface area contributed by atoms with E-state index in [2.05, 4.69) is 294 Å². The topological polar surface area (TPSA) is 128 Å². The molecule has 12 rings (SSSR count). The fourth-order valence-electron chi connectivity index (χ4n) is 8.72. The molecule has 12 nitrogen and oxygen atoms in total. The zero-order valence-corrected chi connectivity index (χ0v) is 55.4. The highest BCUT2D eigenvalue weighted by atomic mass is 79.9. The summed E-state index contributed by atoms with van der Waals surface area (Å²) in [5.74, 6) is 3.71. The van der Waals surface area contributed by atoms with Crippen LogP contribution in [0.5, 0.6) is 0 Å². The molecule has 0 saturated heterocycles. The average Bonchev–Trinajstić information content (AvgIpc) is 3.08.